The van der Waals surface area contributed by atoms with Crippen LogP contribution in [0.5, 0.6) is 0 Å². The lowest BCUT2D eigenvalue weighted by molar-refractivity contribution is 0.121. The molecule has 19 heavy (non-hydrogen) atoms. The van der Waals surface area contributed by atoms with Crippen LogP contribution in [0.4, 0.5) is 5.95 Å². The summed E-state index contributed by atoms with van der Waals surface area (Å²) in [6.45, 7) is 4.29. The fourth-order valence-electron chi connectivity index (χ4n) is 3.70. The molecular formula is C13H20N4O2. The normalized spacial score (nSPS) is 34.7. The highest BCUT2D eigenvalue weighted by Gasteiger charge is 2.42. The van der Waals surface area contributed by atoms with Crippen molar-refractivity contribution in [2.24, 2.45) is 11.8 Å². The Labute approximate surface area is 112 Å². The van der Waals surface area contributed by atoms with Crippen LogP contribution < -0.4 is 10.2 Å². The van der Waals surface area contributed by atoms with E-state index in [-0.39, 0.29) is 6.04 Å². The van der Waals surface area contributed by atoms with E-state index in [2.05, 4.69) is 20.4 Å². The molecule has 0 bridgehead atoms. The number of anilines is 1. The van der Waals surface area contributed by atoms with Crippen molar-refractivity contribution in [1.29, 1.82) is 0 Å². The van der Waals surface area contributed by atoms with E-state index in [1.54, 1.807) is 0 Å². The highest BCUT2D eigenvalue weighted by atomic mass is 16.5. The maximum atomic E-state index is 5.50. The molecule has 0 radical (unpaired) electrons. The van der Waals surface area contributed by atoms with Crippen molar-refractivity contribution in [3.63, 3.8) is 0 Å². The molecule has 3 aliphatic rings. The van der Waals surface area contributed by atoms with Gasteiger partial charge in [0.2, 0.25) is 5.89 Å². The molecule has 2 aliphatic heterocycles. The van der Waals surface area contributed by atoms with Crippen LogP contribution in [0.15, 0.2) is 4.52 Å². The monoisotopic (exact) mass is 264 g/mol. The van der Waals surface area contributed by atoms with E-state index in [1.165, 1.54) is 19.3 Å². The lowest BCUT2D eigenvalue weighted by atomic mass is 9.94. The van der Waals surface area contributed by atoms with Crippen molar-refractivity contribution < 1.29 is 9.26 Å². The molecule has 2 saturated heterocycles. The van der Waals surface area contributed by atoms with Gasteiger partial charge in [-0.3, -0.25) is 0 Å². The summed E-state index contributed by atoms with van der Waals surface area (Å²) < 4.78 is 10.8. The van der Waals surface area contributed by atoms with Crippen molar-refractivity contribution in [2.45, 2.75) is 25.3 Å². The van der Waals surface area contributed by atoms with Gasteiger partial charge >= 0.3 is 0 Å². The zero-order valence-corrected chi connectivity index (χ0v) is 11.0. The molecule has 1 aromatic heterocycles. The number of ether oxygens (including phenoxy) is 1. The second-order valence-electron chi connectivity index (χ2n) is 5.77. The Morgan fingerprint density at radius 3 is 3.00 bits per heavy atom. The van der Waals surface area contributed by atoms with Crippen LogP contribution in [0.2, 0.25) is 0 Å². The van der Waals surface area contributed by atoms with Crippen LogP contribution in [0.1, 0.15) is 31.2 Å². The number of nitrogens with one attached hydrogen (secondary N) is 1. The molecule has 0 amide bonds. The molecule has 1 N–H and O–H groups in total. The summed E-state index contributed by atoms with van der Waals surface area (Å²) in [6.07, 6.45) is 3.98. The third-order valence-corrected chi connectivity index (χ3v) is 4.74. The quantitative estimate of drug-likeness (QED) is 0.858. The third kappa shape index (κ3) is 2.03. The summed E-state index contributed by atoms with van der Waals surface area (Å²) in [4.78, 5) is 6.74. The SMILES string of the molecule is C1CC2CNC(c3nc(N4CCOCC4)no3)C2C1. The summed E-state index contributed by atoms with van der Waals surface area (Å²) in [5.41, 5.74) is 0. The topological polar surface area (TPSA) is 63.4 Å². The van der Waals surface area contributed by atoms with Crippen LogP contribution in [0, 0.1) is 11.8 Å². The molecule has 1 aliphatic carbocycles. The molecule has 0 spiro atoms. The minimum atomic E-state index is 0.273. The molecule has 1 aromatic rings. The zero-order valence-electron chi connectivity index (χ0n) is 11.0. The Bertz CT molecular complexity index is 444. The molecule has 6 nitrogen and oxygen atoms in total. The molecule has 4 rings (SSSR count). The van der Waals surface area contributed by atoms with Crippen LogP contribution in [0.3, 0.4) is 0 Å². The lowest BCUT2D eigenvalue weighted by Crippen LogP contribution is -2.36. The summed E-state index contributed by atoms with van der Waals surface area (Å²) >= 11 is 0. The fourth-order valence-corrected chi connectivity index (χ4v) is 3.70. The zero-order chi connectivity index (χ0) is 12.7. The first-order chi connectivity index (χ1) is 9.42. The van der Waals surface area contributed by atoms with E-state index in [0.717, 1.165) is 50.6 Å². The highest BCUT2D eigenvalue weighted by Crippen LogP contribution is 2.44. The van der Waals surface area contributed by atoms with Crippen molar-refractivity contribution >= 4 is 5.95 Å². The second-order valence-corrected chi connectivity index (χ2v) is 5.77. The maximum Gasteiger partial charge on any atom is 0.266 e. The first-order valence-electron chi connectivity index (χ1n) is 7.31. The van der Waals surface area contributed by atoms with E-state index in [0.29, 0.717) is 5.92 Å². The molecule has 0 aromatic carbocycles. The summed E-state index contributed by atoms with van der Waals surface area (Å²) in [6, 6.07) is 0.273. The van der Waals surface area contributed by atoms with Crippen molar-refractivity contribution in [3.05, 3.63) is 5.89 Å². The Balaban J connectivity index is 1.51. The highest BCUT2D eigenvalue weighted by molar-refractivity contribution is 5.28. The number of morpholine rings is 1. The molecule has 3 atom stereocenters. The maximum absolute atomic E-state index is 5.50. The first kappa shape index (κ1) is 11.7. The van der Waals surface area contributed by atoms with E-state index in [4.69, 9.17) is 9.26 Å². The lowest BCUT2D eigenvalue weighted by Gasteiger charge is -2.24. The average molecular weight is 264 g/mol. The van der Waals surface area contributed by atoms with E-state index >= 15 is 0 Å². The van der Waals surface area contributed by atoms with Gasteiger partial charge in [-0.1, -0.05) is 6.42 Å². The Morgan fingerprint density at radius 2 is 2.11 bits per heavy atom. The summed E-state index contributed by atoms with van der Waals surface area (Å²) in [5, 5.41) is 7.69. The van der Waals surface area contributed by atoms with Gasteiger partial charge in [0, 0.05) is 13.1 Å². The average Bonchev–Trinajstić information content (AvgIpc) is 3.15. The van der Waals surface area contributed by atoms with Gasteiger partial charge in [0.1, 0.15) is 0 Å². The summed E-state index contributed by atoms with van der Waals surface area (Å²) in [5.74, 6) is 3.00. The van der Waals surface area contributed by atoms with Crippen LogP contribution >= 0.6 is 0 Å². The van der Waals surface area contributed by atoms with Crippen molar-refractivity contribution in [1.82, 2.24) is 15.5 Å². The molecule has 104 valence electrons. The number of fused-ring (bicyclic) bond motifs is 1. The third-order valence-electron chi connectivity index (χ3n) is 4.74. The standard InChI is InChI=1S/C13H20N4O2/c1-2-9-8-14-11(10(9)3-1)12-15-13(16-19-12)17-4-6-18-7-5-17/h9-11,14H,1-8H2. The number of aromatic nitrogens is 2. The van der Waals surface area contributed by atoms with E-state index < -0.39 is 0 Å². The van der Waals surface area contributed by atoms with Gasteiger partial charge in [0.25, 0.3) is 5.95 Å². The van der Waals surface area contributed by atoms with Gasteiger partial charge in [0.15, 0.2) is 0 Å². The fraction of sp³-hybridized carbons (Fsp3) is 0.846. The van der Waals surface area contributed by atoms with Crippen LogP contribution in [0.25, 0.3) is 0 Å². The number of hydrogen-bond donors (Lipinski definition) is 1. The van der Waals surface area contributed by atoms with Gasteiger partial charge in [0.05, 0.1) is 19.3 Å². The molecule has 1 saturated carbocycles. The van der Waals surface area contributed by atoms with Crippen LogP contribution in [-0.2, 0) is 4.74 Å². The molecule has 3 fully saturated rings. The minimum Gasteiger partial charge on any atom is -0.378 e. The smallest absolute Gasteiger partial charge is 0.266 e. The summed E-state index contributed by atoms with van der Waals surface area (Å²) in [7, 11) is 0. The Morgan fingerprint density at radius 1 is 1.21 bits per heavy atom. The predicted octanol–water partition coefficient (Wildman–Crippen LogP) is 0.967. The van der Waals surface area contributed by atoms with Gasteiger partial charge in [-0.25, -0.2) is 0 Å². The Hall–Kier alpha value is -1.14. The molecular weight excluding hydrogens is 244 g/mol. The van der Waals surface area contributed by atoms with Gasteiger partial charge in [-0.15, -0.1) is 0 Å². The Kier molecular flexibility index (Phi) is 2.92. The number of nitrogens with zero attached hydrogens (tertiary/aromatic N) is 3. The van der Waals surface area contributed by atoms with Gasteiger partial charge in [-0.2, -0.15) is 4.98 Å². The molecule has 3 unspecified atom stereocenters. The first-order valence-corrected chi connectivity index (χ1v) is 7.31. The predicted molar refractivity (Wildman–Crippen MR) is 68.9 cm³/mol. The second kappa shape index (κ2) is 4.76. The molecule has 6 heteroatoms. The van der Waals surface area contributed by atoms with E-state index in [9.17, 15) is 0 Å². The molecule has 3 heterocycles. The number of rotatable bonds is 2. The van der Waals surface area contributed by atoms with E-state index in [1.807, 2.05) is 0 Å². The van der Waals surface area contributed by atoms with Crippen molar-refractivity contribution in [3.8, 4) is 0 Å². The van der Waals surface area contributed by atoms with Crippen LogP contribution in [-0.4, -0.2) is 43.0 Å². The minimum absolute atomic E-state index is 0.273. The number of hydrogen-bond acceptors (Lipinski definition) is 6. The van der Waals surface area contributed by atoms with Gasteiger partial charge < -0.3 is 19.5 Å². The van der Waals surface area contributed by atoms with Gasteiger partial charge in [-0.05, 0) is 36.4 Å². The largest absolute Gasteiger partial charge is 0.378 e. The van der Waals surface area contributed by atoms with Crippen molar-refractivity contribution in [2.75, 3.05) is 37.7 Å².